The zero-order valence-corrected chi connectivity index (χ0v) is 10.5. The Bertz CT molecular complexity index is 533. The normalized spacial score (nSPS) is 10.1. The number of aromatic nitrogens is 1. The summed E-state index contributed by atoms with van der Waals surface area (Å²) in [5.41, 5.74) is 3.72. The van der Waals surface area contributed by atoms with E-state index in [1.807, 2.05) is 37.4 Å². The number of hydrogen-bond donors (Lipinski definition) is 2. The van der Waals surface area contributed by atoms with Gasteiger partial charge >= 0.3 is 5.97 Å². The minimum absolute atomic E-state index is 0.311. The molecule has 2 aromatic rings. The Morgan fingerprint density at radius 3 is 2.83 bits per heavy atom. The van der Waals surface area contributed by atoms with Crippen LogP contribution < -0.4 is 5.32 Å². The third kappa shape index (κ3) is 2.71. The first-order chi connectivity index (χ1) is 8.70. The second-order valence-electron chi connectivity index (χ2n) is 4.07. The first-order valence-corrected chi connectivity index (χ1v) is 5.76. The van der Waals surface area contributed by atoms with E-state index in [9.17, 15) is 4.79 Å². The minimum Gasteiger partial charge on any atom is -0.465 e. The maximum absolute atomic E-state index is 11.4. The highest BCUT2D eigenvalue weighted by Gasteiger charge is 2.07. The van der Waals surface area contributed by atoms with Crippen LogP contribution in [0, 0.1) is 6.92 Å². The molecule has 0 aliphatic rings. The van der Waals surface area contributed by atoms with Crippen LogP contribution in [0.15, 0.2) is 36.5 Å². The Morgan fingerprint density at radius 1 is 1.39 bits per heavy atom. The maximum atomic E-state index is 11.4. The third-order valence-corrected chi connectivity index (χ3v) is 2.78. The van der Waals surface area contributed by atoms with E-state index in [1.165, 1.54) is 7.11 Å². The molecule has 0 atom stereocenters. The molecule has 1 aromatic carbocycles. The molecule has 2 rings (SSSR count). The topological polar surface area (TPSA) is 54.1 Å². The van der Waals surface area contributed by atoms with Crippen LogP contribution >= 0.6 is 0 Å². The molecule has 1 heterocycles. The molecule has 0 fully saturated rings. The highest BCUT2D eigenvalue weighted by molar-refractivity contribution is 5.90. The number of benzene rings is 1. The van der Waals surface area contributed by atoms with Crippen LogP contribution in [0.25, 0.3) is 0 Å². The summed E-state index contributed by atoms with van der Waals surface area (Å²) in [4.78, 5) is 14.5. The molecule has 0 aliphatic carbocycles. The Hall–Kier alpha value is -2.23. The number of hydrogen-bond acceptors (Lipinski definition) is 3. The Labute approximate surface area is 106 Å². The molecule has 0 bridgehead atoms. The Balaban J connectivity index is 2.08. The van der Waals surface area contributed by atoms with Crippen molar-refractivity contribution in [3.63, 3.8) is 0 Å². The monoisotopic (exact) mass is 244 g/mol. The first-order valence-electron chi connectivity index (χ1n) is 5.76. The molecule has 0 amide bonds. The van der Waals surface area contributed by atoms with E-state index in [0.717, 1.165) is 23.5 Å². The fraction of sp³-hybridized carbons (Fsp3) is 0.214. The standard InChI is InChI=1S/C14H16N2O2/c1-10-8-11(14(17)18-2)5-6-13(10)16-9-12-4-3-7-15-12/h3-8,15-16H,9H2,1-2H3. The number of aromatic amines is 1. The molecule has 94 valence electrons. The largest absolute Gasteiger partial charge is 0.465 e. The van der Waals surface area contributed by atoms with Gasteiger partial charge in [0.2, 0.25) is 0 Å². The number of nitrogens with one attached hydrogen (secondary N) is 2. The van der Waals surface area contributed by atoms with Crippen LogP contribution in [-0.4, -0.2) is 18.1 Å². The zero-order valence-electron chi connectivity index (χ0n) is 10.5. The summed E-state index contributed by atoms with van der Waals surface area (Å²) in [5.74, 6) is -0.311. The molecule has 2 N–H and O–H groups in total. The number of esters is 1. The summed E-state index contributed by atoms with van der Waals surface area (Å²) in [5, 5.41) is 3.32. The number of anilines is 1. The van der Waals surface area contributed by atoms with Gasteiger partial charge in [0, 0.05) is 17.6 Å². The van der Waals surface area contributed by atoms with E-state index in [0.29, 0.717) is 5.56 Å². The number of carbonyl (C=O) groups is 1. The average Bonchev–Trinajstić information content (AvgIpc) is 2.89. The van der Waals surface area contributed by atoms with Crippen molar-refractivity contribution in [3.05, 3.63) is 53.3 Å². The van der Waals surface area contributed by atoms with E-state index in [4.69, 9.17) is 0 Å². The van der Waals surface area contributed by atoms with E-state index < -0.39 is 0 Å². The molecular weight excluding hydrogens is 228 g/mol. The van der Waals surface area contributed by atoms with Crippen LogP contribution in [0.2, 0.25) is 0 Å². The second kappa shape index (κ2) is 5.40. The molecule has 0 spiro atoms. The lowest BCUT2D eigenvalue weighted by Gasteiger charge is -2.10. The highest BCUT2D eigenvalue weighted by Crippen LogP contribution is 2.17. The van der Waals surface area contributed by atoms with Crippen LogP contribution in [0.5, 0.6) is 0 Å². The second-order valence-corrected chi connectivity index (χ2v) is 4.07. The number of aryl methyl sites for hydroxylation is 1. The summed E-state index contributed by atoms with van der Waals surface area (Å²) in [7, 11) is 1.38. The van der Waals surface area contributed by atoms with Crippen molar-refractivity contribution >= 4 is 11.7 Å². The predicted molar refractivity (Wildman–Crippen MR) is 70.6 cm³/mol. The number of carbonyl (C=O) groups excluding carboxylic acids is 1. The van der Waals surface area contributed by atoms with Crippen molar-refractivity contribution in [1.29, 1.82) is 0 Å². The van der Waals surface area contributed by atoms with Gasteiger partial charge in [-0.25, -0.2) is 4.79 Å². The number of H-pyrrole nitrogens is 1. The van der Waals surface area contributed by atoms with Crippen molar-refractivity contribution in [2.24, 2.45) is 0 Å². The minimum atomic E-state index is -0.311. The van der Waals surface area contributed by atoms with Crippen molar-refractivity contribution in [2.75, 3.05) is 12.4 Å². The summed E-state index contributed by atoms with van der Waals surface area (Å²) in [6.07, 6.45) is 1.89. The van der Waals surface area contributed by atoms with Gasteiger partial charge in [-0.15, -0.1) is 0 Å². The van der Waals surface area contributed by atoms with E-state index in [1.54, 1.807) is 6.07 Å². The van der Waals surface area contributed by atoms with Gasteiger partial charge in [-0.3, -0.25) is 0 Å². The van der Waals surface area contributed by atoms with Gasteiger partial charge in [-0.2, -0.15) is 0 Å². The lowest BCUT2D eigenvalue weighted by Crippen LogP contribution is -2.04. The van der Waals surface area contributed by atoms with Gasteiger partial charge < -0.3 is 15.0 Å². The number of methoxy groups -OCH3 is 1. The summed E-state index contributed by atoms with van der Waals surface area (Å²) in [6.45, 7) is 2.69. The summed E-state index contributed by atoms with van der Waals surface area (Å²) >= 11 is 0. The van der Waals surface area contributed by atoms with Gasteiger partial charge in [0.25, 0.3) is 0 Å². The van der Waals surface area contributed by atoms with Crippen LogP contribution in [0.3, 0.4) is 0 Å². The molecule has 4 heteroatoms. The molecule has 1 aromatic heterocycles. The quantitative estimate of drug-likeness (QED) is 0.813. The lowest BCUT2D eigenvalue weighted by atomic mass is 10.1. The third-order valence-electron chi connectivity index (χ3n) is 2.78. The molecule has 0 unspecified atom stereocenters. The van der Waals surface area contributed by atoms with Crippen molar-refractivity contribution in [2.45, 2.75) is 13.5 Å². The fourth-order valence-corrected chi connectivity index (χ4v) is 1.77. The van der Waals surface area contributed by atoms with Gasteiger partial charge in [-0.05, 0) is 42.8 Å². The summed E-state index contributed by atoms with van der Waals surface area (Å²) < 4.78 is 4.69. The highest BCUT2D eigenvalue weighted by atomic mass is 16.5. The van der Waals surface area contributed by atoms with Crippen LogP contribution in [-0.2, 0) is 11.3 Å². The maximum Gasteiger partial charge on any atom is 0.337 e. The van der Waals surface area contributed by atoms with Crippen molar-refractivity contribution in [3.8, 4) is 0 Å². The Kier molecular flexibility index (Phi) is 3.67. The average molecular weight is 244 g/mol. The lowest BCUT2D eigenvalue weighted by molar-refractivity contribution is 0.0600. The van der Waals surface area contributed by atoms with Gasteiger partial charge in [0.05, 0.1) is 19.2 Å². The molecule has 18 heavy (non-hydrogen) atoms. The molecule has 0 radical (unpaired) electrons. The van der Waals surface area contributed by atoms with E-state index in [-0.39, 0.29) is 5.97 Å². The van der Waals surface area contributed by atoms with E-state index in [2.05, 4.69) is 15.0 Å². The molecule has 0 saturated heterocycles. The SMILES string of the molecule is COC(=O)c1ccc(NCc2ccc[nH]2)c(C)c1. The van der Waals surface area contributed by atoms with Crippen molar-refractivity contribution in [1.82, 2.24) is 4.98 Å². The van der Waals surface area contributed by atoms with Crippen LogP contribution in [0.1, 0.15) is 21.6 Å². The summed E-state index contributed by atoms with van der Waals surface area (Å²) in [6, 6.07) is 9.46. The molecule has 4 nitrogen and oxygen atoms in total. The Morgan fingerprint density at radius 2 is 2.22 bits per heavy atom. The fourth-order valence-electron chi connectivity index (χ4n) is 1.77. The molecule has 0 saturated carbocycles. The zero-order chi connectivity index (χ0) is 13.0. The molecule has 0 aliphatic heterocycles. The van der Waals surface area contributed by atoms with E-state index >= 15 is 0 Å². The first kappa shape index (κ1) is 12.2. The predicted octanol–water partition coefficient (Wildman–Crippen LogP) is 2.72. The van der Waals surface area contributed by atoms with Gasteiger partial charge in [0.1, 0.15) is 0 Å². The van der Waals surface area contributed by atoms with Crippen LogP contribution in [0.4, 0.5) is 5.69 Å². The van der Waals surface area contributed by atoms with Gasteiger partial charge in [0.15, 0.2) is 0 Å². The van der Waals surface area contributed by atoms with Gasteiger partial charge in [-0.1, -0.05) is 0 Å². The van der Waals surface area contributed by atoms with Crippen molar-refractivity contribution < 1.29 is 9.53 Å². The molecular formula is C14H16N2O2. The smallest absolute Gasteiger partial charge is 0.337 e. The number of ether oxygens (including phenoxy) is 1. The number of rotatable bonds is 4.